The number of halogens is 1. The highest BCUT2D eigenvalue weighted by Crippen LogP contribution is 2.26. The minimum atomic E-state index is -0.366. The number of carbonyl (C=O) groups excluding carboxylic acids is 1. The van der Waals surface area contributed by atoms with Crippen LogP contribution in [0.3, 0.4) is 0 Å². The molecule has 1 aromatic heterocycles. The summed E-state index contributed by atoms with van der Waals surface area (Å²) in [5, 5.41) is 0.983. The lowest BCUT2D eigenvalue weighted by atomic mass is 10.1. The van der Waals surface area contributed by atoms with Crippen LogP contribution in [0.25, 0.3) is 10.9 Å². The Balaban J connectivity index is 2.70. The predicted molar refractivity (Wildman–Crippen MR) is 60.8 cm³/mol. The summed E-state index contributed by atoms with van der Waals surface area (Å²) in [6, 6.07) is 7.36. The fourth-order valence-electron chi connectivity index (χ4n) is 1.38. The molecule has 2 aromatic rings. The van der Waals surface area contributed by atoms with Crippen molar-refractivity contribution < 1.29 is 9.53 Å². The molecule has 2 rings (SSSR count). The lowest BCUT2D eigenvalue weighted by Crippen LogP contribution is -2.02. The first-order valence-electron chi connectivity index (χ1n) is 4.35. The second kappa shape index (κ2) is 3.98. The Kier molecular flexibility index (Phi) is 2.68. The van der Waals surface area contributed by atoms with Crippen LogP contribution in [0.2, 0.25) is 0 Å². The normalized spacial score (nSPS) is 10.3. The molecule has 1 heterocycles. The summed E-state index contributed by atoms with van der Waals surface area (Å²) in [6.45, 7) is 0. The summed E-state index contributed by atoms with van der Waals surface area (Å²) in [6.07, 6.45) is 1.69. The van der Waals surface area contributed by atoms with Crippen molar-refractivity contribution in [2.45, 2.75) is 0 Å². The molecular formula is C11H8BrNO2. The molecule has 0 aliphatic carbocycles. The van der Waals surface area contributed by atoms with E-state index in [1.54, 1.807) is 12.3 Å². The molecule has 1 aromatic carbocycles. The van der Waals surface area contributed by atoms with E-state index in [1.165, 1.54) is 7.11 Å². The van der Waals surface area contributed by atoms with Crippen LogP contribution in [0.15, 0.2) is 34.9 Å². The van der Waals surface area contributed by atoms with Gasteiger partial charge in [-0.25, -0.2) is 4.79 Å². The standard InChI is InChI=1S/C11H8BrNO2/c1-15-11(14)8-5-4-7-3-2-6-13-10(7)9(8)12/h2-6H,1H3. The van der Waals surface area contributed by atoms with Gasteiger partial charge in [-0.15, -0.1) is 0 Å². The van der Waals surface area contributed by atoms with E-state index in [-0.39, 0.29) is 5.97 Å². The van der Waals surface area contributed by atoms with Gasteiger partial charge in [0.1, 0.15) is 0 Å². The fourth-order valence-corrected chi connectivity index (χ4v) is 2.00. The first kappa shape index (κ1) is 10.1. The molecule has 0 unspecified atom stereocenters. The van der Waals surface area contributed by atoms with Gasteiger partial charge < -0.3 is 4.74 Å². The molecule has 3 nitrogen and oxygen atoms in total. The van der Waals surface area contributed by atoms with E-state index >= 15 is 0 Å². The summed E-state index contributed by atoms with van der Waals surface area (Å²) in [7, 11) is 1.36. The molecule has 0 bridgehead atoms. The Morgan fingerprint density at radius 1 is 1.40 bits per heavy atom. The van der Waals surface area contributed by atoms with Crippen molar-refractivity contribution in [3.05, 3.63) is 40.5 Å². The number of esters is 1. The van der Waals surface area contributed by atoms with E-state index in [4.69, 9.17) is 0 Å². The number of methoxy groups -OCH3 is 1. The van der Waals surface area contributed by atoms with Gasteiger partial charge in [0.15, 0.2) is 0 Å². The molecular weight excluding hydrogens is 258 g/mol. The van der Waals surface area contributed by atoms with Crippen LogP contribution in [-0.2, 0) is 4.74 Å². The van der Waals surface area contributed by atoms with E-state index in [9.17, 15) is 4.79 Å². The molecule has 76 valence electrons. The number of fused-ring (bicyclic) bond motifs is 1. The highest BCUT2D eigenvalue weighted by molar-refractivity contribution is 9.10. The van der Waals surface area contributed by atoms with Crippen LogP contribution >= 0.6 is 15.9 Å². The van der Waals surface area contributed by atoms with Gasteiger partial charge >= 0.3 is 5.97 Å². The summed E-state index contributed by atoms with van der Waals surface area (Å²) in [5.41, 5.74) is 1.25. The van der Waals surface area contributed by atoms with E-state index in [1.807, 2.05) is 18.2 Å². The number of hydrogen-bond donors (Lipinski definition) is 0. The zero-order chi connectivity index (χ0) is 10.8. The Labute approximate surface area is 95.2 Å². The van der Waals surface area contributed by atoms with Gasteiger partial charge in [-0.05, 0) is 28.1 Å². The van der Waals surface area contributed by atoms with Gasteiger partial charge in [-0.1, -0.05) is 12.1 Å². The number of hydrogen-bond acceptors (Lipinski definition) is 3. The number of nitrogens with zero attached hydrogens (tertiary/aromatic N) is 1. The highest BCUT2D eigenvalue weighted by atomic mass is 79.9. The minimum Gasteiger partial charge on any atom is -0.465 e. The van der Waals surface area contributed by atoms with Crippen molar-refractivity contribution in [1.29, 1.82) is 0 Å². The average molecular weight is 266 g/mol. The molecule has 0 saturated heterocycles. The quantitative estimate of drug-likeness (QED) is 0.745. The molecule has 0 N–H and O–H groups in total. The maximum atomic E-state index is 11.4. The first-order chi connectivity index (χ1) is 7.24. The molecule has 0 atom stereocenters. The van der Waals surface area contributed by atoms with E-state index < -0.39 is 0 Å². The minimum absolute atomic E-state index is 0.366. The Hall–Kier alpha value is -1.42. The lowest BCUT2D eigenvalue weighted by Gasteiger charge is -2.04. The largest absolute Gasteiger partial charge is 0.465 e. The Bertz CT molecular complexity index is 525. The van der Waals surface area contributed by atoms with E-state index in [2.05, 4.69) is 25.7 Å². The van der Waals surface area contributed by atoms with Crippen molar-refractivity contribution in [2.24, 2.45) is 0 Å². The number of carbonyl (C=O) groups is 1. The van der Waals surface area contributed by atoms with Crippen molar-refractivity contribution in [1.82, 2.24) is 4.98 Å². The topological polar surface area (TPSA) is 39.2 Å². The lowest BCUT2D eigenvalue weighted by molar-refractivity contribution is 0.0600. The molecule has 4 heteroatoms. The third kappa shape index (κ3) is 1.72. The maximum absolute atomic E-state index is 11.4. The predicted octanol–water partition coefficient (Wildman–Crippen LogP) is 2.78. The monoisotopic (exact) mass is 265 g/mol. The van der Waals surface area contributed by atoms with Crippen LogP contribution < -0.4 is 0 Å². The zero-order valence-electron chi connectivity index (χ0n) is 8.03. The Morgan fingerprint density at radius 2 is 2.20 bits per heavy atom. The van der Waals surface area contributed by atoms with Crippen LogP contribution in [0.1, 0.15) is 10.4 Å². The third-order valence-corrected chi connectivity index (χ3v) is 2.92. The number of benzene rings is 1. The molecule has 0 spiro atoms. The number of rotatable bonds is 1. The number of ether oxygens (including phenoxy) is 1. The van der Waals surface area contributed by atoms with Gasteiger partial charge in [-0.2, -0.15) is 0 Å². The van der Waals surface area contributed by atoms with E-state index in [0.717, 1.165) is 10.9 Å². The zero-order valence-corrected chi connectivity index (χ0v) is 9.61. The highest BCUT2D eigenvalue weighted by Gasteiger charge is 2.12. The van der Waals surface area contributed by atoms with Crippen LogP contribution in [0.4, 0.5) is 0 Å². The second-order valence-electron chi connectivity index (χ2n) is 2.99. The van der Waals surface area contributed by atoms with Crippen molar-refractivity contribution in [3.8, 4) is 0 Å². The van der Waals surface area contributed by atoms with Crippen molar-refractivity contribution in [2.75, 3.05) is 7.11 Å². The summed E-state index contributed by atoms with van der Waals surface area (Å²) >= 11 is 3.36. The van der Waals surface area contributed by atoms with Crippen LogP contribution in [0.5, 0.6) is 0 Å². The van der Waals surface area contributed by atoms with Gasteiger partial charge in [0.2, 0.25) is 0 Å². The average Bonchev–Trinajstić information content (AvgIpc) is 2.29. The molecule has 0 amide bonds. The smallest absolute Gasteiger partial charge is 0.339 e. The van der Waals surface area contributed by atoms with Gasteiger partial charge in [0.25, 0.3) is 0 Å². The third-order valence-electron chi connectivity index (χ3n) is 2.12. The SMILES string of the molecule is COC(=O)c1ccc2cccnc2c1Br. The second-order valence-corrected chi connectivity index (χ2v) is 3.79. The summed E-state index contributed by atoms with van der Waals surface area (Å²) in [5.74, 6) is -0.366. The summed E-state index contributed by atoms with van der Waals surface area (Å²) in [4.78, 5) is 15.6. The van der Waals surface area contributed by atoms with Crippen molar-refractivity contribution >= 4 is 32.8 Å². The number of pyridine rings is 1. The molecule has 0 aliphatic heterocycles. The number of aromatic nitrogens is 1. The first-order valence-corrected chi connectivity index (χ1v) is 5.15. The molecule has 0 aliphatic rings. The van der Waals surface area contributed by atoms with Crippen molar-refractivity contribution in [3.63, 3.8) is 0 Å². The molecule has 15 heavy (non-hydrogen) atoms. The molecule has 0 radical (unpaired) electrons. The van der Waals surface area contributed by atoms with E-state index in [0.29, 0.717) is 10.0 Å². The van der Waals surface area contributed by atoms with Crippen LogP contribution in [0, 0.1) is 0 Å². The van der Waals surface area contributed by atoms with Crippen LogP contribution in [-0.4, -0.2) is 18.1 Å². The molecule has 0 fully saturated rings. The summed E-state index contributed by atoms with van der Waals surface area (Å²) < 4.78 is 5.34. The maximum Gasteiger partial charge on any atom is 0.339 e. The molecule has 0 saturated carbocycles. The van der Waals surface area contributed by atoms with Gasteiger partial charge in [-0.3, -0.25) is 4.98 Å². The van der Waals surface area contributed by atoms with Gasteiger partial charge in [0.05, 0.1) is 22.7 Å². The Morgan fingerprint density at radius 3 is 2.93 bits per heavy atom. The van der Waals surface area contributed by atoms with Gasteiger partial charge in [0, 0.05) is 11.6 Å². The fraction of sp³-hybridized carbons (Fsp3) is 0.0909.